The molecule has 0 radical (unpaired) electrons. The van der Waals surface area contributed by atoms with E-state index in [0.29, 0.717) is 29.1 Å². The van der Waals surface area contributed by atoms with Crippen LogP contribution in [0.2, 0.25) is 0 Å². The Bertz CT molecular complexity index is 1320. The number of aryl methyl sites for hydroxylation is 1. The first-order valence-corrected chi connectivity index (χ1v) is 10.5. The number of fused-ring (bicyclic) bond motifs is 2. The quantitative estimate of drug-likeness (QED) is 0.552. The fourth-order valence-electron chi connectivity index (χ4n) is 3.78. The molecule has 8 heteroatoms. The van der Waals surface area contributed by atoms with E-state index < -0.39 is 0 Å². The lowest BCUT2D eigenvalue weighted by atomic mass is 10.1. The standard InChI is InChI=1S/C22H20N4O3S/c1-13-3-8-19(30-13)22(28)25-10-9-17-16(12-25)21(27)26-20(23-17)11-18(24-26)14-4-6-15(29-2)7-5-14/h3-8,11,24H,9-10,12H2,1-2H3. The highest BCUT2D eigenvalue weighted by Gasteiger charge is 2.27. The molecular formula is C22H20N4O3S. The Labute approximate surface area is 176 Å². The van der Waals surface area contributed by atoms with Crippen LogP contribution in [0.3, 0.4) is 0 Å². The second kappa shape index (κ2) is 7.14. The van der Waals surface area contributed by atoms with Crippen LogP contribution in [-0.2, 0) is 13.0 Å². The SMILES string of the molecule is COc1ccc(-c2cc3nc4c(c(=O)n3[nH]2)CN(C(=O)c2ccc(C)s2)CC4)cc1. The minimum atomic E-state index is -0.158. The Morgan fingerprint density at radius 1 is 1.20 bits per heavy atom. The molecule has 0 unspecified atom stereocenters. The Morgan fingerprint density at radius 2 is 2.00 bits per heavy atom. The number of H-pyrrole nitrogens is 1. The minimum absolute atomic E-state index is 0.0337. The van der Waals surface area contributed by atoms with E-state index in [9.17, 15) is 9.59 Å². The van der Waals surface area contributed by atoms with E-state index in [1.165, 1.54) is 15.9 Å². The third-order valence-electron chi connectivity index (χ3n) is 5.40. The Balaban J connectivity index is 1.50. The van der Waals surface area contributed by atoms with Gasteiger partial charge in [0.1, 0.15) is 5.75 Å². The van der Waals surface area contributed by atoms with Gasteiger partial charge in [0.25, 0.3) is 11.5 Å². The van der Waals surface area contributed by atoms with Gasteiger partial charge >= 0.3 is 0 Å². The van der Waals surface area contributed by atoms with Gasteiger partial charge in [0.05, 0.1) is 35.5 Å². The van der Waals surface area contributed by atoms with Crippen molar-refractivity contribution >= 4 is 22.9 Å². The molecule has 0 aliphatic carbocycles. The van der Waals surface area contributed by atoms with E-state index in [2.05, 4.69) is 5.10 Å². The Hall–Kier alpha value is -3.39. The van der Waals surface area contributed by atoms with Crippen LogP contribution >= 0.6 is 11.3 Å². The van der Waals surface area contributed by atoms with Crippen LogP contribution in [0.15, 0.2) is 47.3 Å². The number of carbonyl (C=O) groups excluding carboxylic acids is 1. The van der Waals surface area contributed by atoms with Gasteiger partial charge in [0.2, 0.25) is 0 Å². The van der Waals surface area contributed by atoms with E-state index in [1.807, 2.05) is 49.4 Å². The molecule has 5 rings (SSSR count). The summed E-state index contributed by atoms with van der Waals surface area (Å²) in [6.07, 6.45) is 0.570. The molecule has 0 atom stereocenters. The van der Waals surface area contributed by atoms with Crippen molar-refractivity contribution in [2.75, 3.05) is 13.7 Å². The number of nitrogens with one attached hydrogen (secondary N) is 1. The van der Waals surface area contributed by atoms with Gasteiger partial charge in [-0.1, -0.05) is 0 Å². The van der Waals surface area contributed by atoms with Crippen molar-refractivity contribution in [3.63, 3.8) is 0 Å². The normalized spacial score (nSPS) is 13.5. The summed E-state index contributed by atoms with van der Waals surface area (Å²) in [5.74, 6) is 0.736. The van der Waals surface area contributed by atoms with Gasteiger partial charge in [-0.25, -0.2) is 9.50 Å². The lowest BCUT2D eigenvalue weighted by Crippen LogP contribution is -2.40. The average Bonchev–Trinajstić information content (AvgIpc) is 3.40. The fourth-order valence-corrected chi connectivity index (χ4v) is 4.61. The number of hydrogen-bond donors (Lipinski definition) is 1. The van der Waals surface area contributed by atoms with Crippen LogP contribution in [0.25, 0.3) is 16.9 Å². The van der Waals surface area contributed by atoms with Gasteiger partial charge in [0.15, 0.2) is 5.65 Å². The minimum Gasteiger partial charge on any atom is -0.497 e. The third-order valence-corrected chi connectivity index (χ3v) is 6.39. The van der Waals surface area contributed by atoms with E-state index in [4.69, 9.17) is 9.72 Å². The monoisotopic (exact) mass is 420 g/mol. The predicted molar refractivity (Wildman–Crippen MR) is 115 cm³/mol. The molecule has 4 heterocycles. The van der Waals surface area contributed by atoms with Crippen LogP contribution in [0.1, 0.15) is 25.8 Å². The molecule has 1 N–H and O–H groups in total. The molecule has 0 saturated carbocycles. The Morgan fingerprint density at radius 3 is 2.70 bits per heavy atom. The van der Waals surface area contributed by atoms with E-state index in [1.54, 1.807) is 12.0 Å². The number of rotatable bonds is 3. The van der Waals surface area contributed by atoms with Crippen LogP contribution < -0.4 is 10.3 Å². The summed E-state index contributed by atoms with van der Waals surface area (Å²) in [6, 6.07) is 13.3. The number of benzene rings is 1. The van der Waals surface area contributed by atoms with Crippen LogP contribution in [0.4, 0.5) is 0 Å². The second-order valence-electron chi connectivity index (χ2n) is 7.32. The van der Waals surface area contributed by atoms with Gasteiger partial charge in [-0.15, -0.1) is 11.3 Å². The summed E-state index contributed by atoms with van der Waals surface area (Å²) >= 11 is 1.48. The predicted octanol–water partition coefficient (Wildman–Crippen LogP) is 3.27. The van der Waals surface area contributed by atoms with Gasteiger partial charge in [-0.2, -0.15) is 0 Å². The first kappa shape index (κ1) is 18.6. The second-order valence-corrected chi connectivity index (χ2v) is 8.61. The zero-order valence-corrected chi connectivity index (χ0v) is 17.5. The highest BCUT2D eigenvalue weighted by molar-refractivity contribution is 7.13. The highest BCUT2D eigenvalue weighted by atomic mass is 32.1. The molecule has 0 fully saturated rings. The van der Waals surface area contributed by atoms with Crippen LogP contribution in [0.5, 0.6) is 5.75 Å². The van der Waals surface area contributed by atoms with Crippen molar-refractivity contribution in [2.24, 2.45) is 0 Å². The largest absolute Gasteiger partial charge is 0.497 e. The zero-order chi connectivity index (χ0) is 20.8. The molecule has 1 aliphatic heterocycles. The van der Waals surface area contributed by atoms with Crippen molar-refractivity contribution in [3.05, 3.63) is 73.8 Å². The molecule has 1 amide bonds. The average molecular weight is 420 g/mol. The molecule has 0 spiro atoms. The smallest absolute Gasteiger partial charge is 0.277 e. The van der Waals surface area contributed by atoms with Crippen molar-refractivity contribution < 1.29 is 9.53 Å². The molecule has 1 aromatic carbocycles. The maximum Gasteiger partial charge on any atom is 0.277 e. The number of ether oxygens (including phenoxy) is 1. The molecular weight excluding hydrogens is 400 g/mol. The van der Waals surface area contributed by atoms with Gasteiger partial charge in [0, 0.05) is 23.9 Å². The molecule has 30 heavy (non-hydrogen) atoms. The molecule has 3 aromatic heterocycles. The van der Waals surface area contributed by atoms with Crippen molar-refractivity contribution in [3.8, 4) is 17.0 Å². The number of nitrogens with zero attached hydrogens (tertiary/aromatic N) is 3. The molecule has 4 aromatic rings. The van der Waals surface area contributed by atoms with Crippen molar-refractivity contribution in [1.29, 1.82) is 0 Å². The molecule has 0 saturated heterocycles. The first-order chi connectivity index (χ1) is 14.5. The fraction of sp³-hybridized carbons (Fsp3) is 0.227. The Kier molecular flexibility index (Phi) is 4.43. The first-order valence-electron chi connectivity index (χ1n) is 9.67. The molecule has 0 bridgehead atoms. The number of methoxy groups -OCH3 is 1. The van der Waals surface area contributed by atoms with E-state index in [-0.39, 0.29) is 18.0 Å². The number of aromatic nitrogens is 3. The topological polar surface area (TPSA) is 79.7 Å². The number of amides is 1. The summed E-state index contributed by atoms with van der Waals surface area (Å²) in [5.41, 5.74) is 3.50. The maximum atomic E-state index is 13.2. The summed E-state index contributed by atoms with van der Waals surface area (Å²) in [7, 11) is 1.62. The maximum absolute atomic E-state index is 13.2. The van der Waals surface area contributed by atoms with Crippen LogP contribution in [-0.4, -0.2) is 39.1 Å². The molecule has 1 aliphatic rings. The van der Waals surface area contributed by atoms with E-state index >= 15 is 0 Å². The summed E-state index contributed by atoms with van der Waals surface area (Å²) in [4.78, 5) is 34.2. The number of aromatic amines is 1. The van der Waals surface area contributed by atoms with Crippen LogP contribution in [0, 0.1) is 6.92 Å². The lowest BCUT2D eigenvalue weighted by Gasteiger charge is -2.27. The number of hydrogen-bond acceptors (Lipinski definition) is 5. The number of carbonyl (C=O) groups is 1. The number of thiophene rings is 1. The summed E-state index contributed by atoms with van der Waals surface area (Å²) in [6.45, 7) is 2.81. The zero-order valence-electron chi connectivity index (χ0n) is 16.6. The summed E-state index contributed by atoms with van der Waals surface area (Å²) in [5, 5.41) is 3.15. The van der Waals surface area contributed by atoms with Gasteiger partial charge < -0.3 is 9.64 Å². The highest BCUT2D eigenvalue weighted by Crippen LogP contribution is 2.24. The van der Waals surface area contributed by atoms with Crippen molar-refractivity contribution in [2.45, 2.75) is 19.9 Å². The van der Waals surface area contributed by atoms with Gasteiger partial charge in [-0.3, -0.25) is 14.7 Å². The molecule has 7 nitrogen and oxygen atoms in total. The molecule has 152 valence electrons. The van der Waals surface area contributed by atoms with Gasteiger partial charge in [-0.05, 0) is 48.9 Å². The lowest BCUT2D eigenvalue weighted by molar-refractivity contribution is 0.0737. The third kappa shape index (κ3) is 3.09. The van der Waals surface area contributed by atoms with E-state index in [0.717, 1.165) is 27.6 Å². The van der Waals surface area contributed by atoms with Crippen molar-refractivity contribution in [1.82, 2.24) is 19.5 Å². The summed E-state index contributed by atoms with van der Waals surface area (Å²) < 4.78 is 6.66.